The molecule has 0 bridgehead atoms. The lowest BCUT2D eigenvalue weighted by atomic mass is 10.1. The number of rotatable bonds is 3. The van der Waals surface area contributed by atoms with Crippen LogP contribution in [0.25, 0.3) is 0 Å². The first-order chi connectivity index (χ1) is 9.79. The predicted molar refractivity (Wildman–Crippen MR) is 81.1 cm³/mol. The van der Waals surface area contributed by atoms with Crippen molar-refractivity contribution in [3.05, 3.63) is 57.1 Å². The van der Waals surface area contributed by atoms with Crippen molar-refractivity contribution in [2.75, 3.05) is 0 Å². The monoisotopic (exact) mass is 354 g/mol. The first kappa shape index (κ1) is 15.4. The maximum atomic E-state index is 13.9. The van der Waals surface area contributed by atoms with Crippen LogP contribution in [0.5, 0.6) is 11.5 Å². The van der Waals surface area contributed by atoms with Gasteiger partial charge < -0.3 is 10.5 Å². The fourth-order valence-corrected chi connectivity index (χ4v) is 2.12. The lowest BCUT2D eigenvalue weighted by Gasteiger charge is -2.12. The summed E-state index contributed by atoms with van der Waals surface area (Å²) in [5, 5.41) is 7.20. The van der Waals surface area contributed by atoms with Gasteiger partial charge in [0, 0.05) is 10.0 Å². The number of aryl methyl sites for hydroxylation is 2. The highest BCUT2D eigenvalue weighted by molar-refractivity contribution is 9.10. The minimum absolute atomic E-state index is 0.0273. The molecule has 0 fully saturated rings. The predicted octanol–water partition coefficient (Wildman–Crippen LogP) is 4.42. The minimum atomic E-state index is -0.904. The molecule has 0 atom stereocenters. The zero-order valence-corrected chi connectivity index (χ0v) is 13.0. The first-order valence-electron chi connectivity index (χ1n) is 6.07. The zero-order valence-electron chi connectivity index (χ0n) is 11.4. The molecule has 2 aromatic carbocycles. The van der Waals surface area contributed by atoms with Gasteiger partial charge in [0.05, 0.1) is 0 Å². The Morgan fingerprint density at radius 2 is 1.57 bits per heavy atom. The third-order valence-electron chi connectivity index (χ3n) is 2.94. The van der Waals surface area contributed by atoms with Crippen molar-refractivity contribution in [1.29, 1.82) is 5.41 Å². The Hall–Kier alpha value is -1.95. The molecule has 0 spiro atoms. The number of hydrogen-bond acceptors (Lipinski definition) is 2. The number of nitrogens with two attached hydrogens (primary N) is 1. The van der Waals surface area contributed by atoms with Gasteiger partial charge in [0.1, 0.15) is 11.6 Å². The summed E-state index contributed by atoms with van der Waals surface area (Å²) in [5.41, 5.74) is 6.98. The molecule has 0 heterocycles. The van der Waals surface area contributed by atoms with Crippen molar-refractivity contribution in [2.24, 2.45) is 5.73 Å². The molecule has 0 amide bonds. The molecule has 0 radical (unpaired) electrons. The number of benzene rings is 2. The number of halogens is 3. The third kappa shape index (κ3) is 3.21. The lowest BCUT2D eigenvalue weighted by molar-refractivity contribution is 0.407. The van der Waals surface area contributed by atoms with Crippen molar-refractivity contribution in [3.63, 3.8) is 0 Å². The minimum Gasteiger partial charge on any atom is -0.451 e. The van der Waals surface area contributed by atoms with Gasteiger partial charge in [0.25, 0.3) is 0 Å². The molecule has 0 saturated heterocycles. The van der Waals surface area contributed by atoms with E-state index >= 15 is 0 Å². The molecule has 21 heavy (non-hydrogen) atoms. The van der Waals surface area contributed by atoms with E-state index in [9.17, 15) is 8.78 Å². The third-order valence-corrected chi connectivity index (χ3v) is 4.19. The van der Waals surface area contributed by atoms with Crippen LogP contribution in [0.2, 0.25) is 0 Å². The van der Waals surface area contributed by atoms with E-state index in [1.54, 1.807) is 12.1 Å². The Labute approximate surface area is 129 Å². The van der Waals surface area contributed by atoms with Crippen LogP contribution in [0.15, 0.2) is 28.7 Å². The number of nitrogen functional groups attached to an aromatic ring is 1. The van der Waals surface area contributed by atoms with E-state index in [1.807, 2.05) is 13.8 Å². The Kier molecular flexibility index (Phi) is 4.27. The lowest BCUT2D eigenvalue weighted by Crippen LogP contribution is -2.12. The maximum absolute atomic E-state index is 13.9. The summed E-state index contributed by atoms with van der Waals surface area (Å²) in [6, 6.07) is 5.29. The van der Waals surface area contributed by atoms with E-state index in [0.717, 1.165) is 27.7 Å². The number of ether oxygens (including phenoxy) is 1. The zero-order chi connectivity index (χ0) is 15.7. The van der Waals surface area contributed by atoms with Gasteiger partial charge in [-0.05, 0) is 49.2 Å². The Balaban J connectivity index is 2.43. The normalized spacial score (nSPS) is 10.5. The van der Waals surface area contributed by atoms with E-state index in [-0.39, 0.29) is 5.56 Å². The molecule has 0 aliphatic carbocycles. The Morgan fingerprint density at radius 1 is 1.10 bits per heavy atom. The van der Waals surface area contributed by atoms with E-state index in [4.69, 9.17) is 15.9 Å². The van der Waals surface area contributed by atoms with Gasteiger partial charge in [-0.1, -0.05) is 15.9 Å². The number of amidine groups is 1. The number of nitrogens with one attached hydrogen (secondary N) is 1. The highest BCUT2D eigenvalue weighted by Gasteiger charge is 2.15. The molecule has 2 rings (SSSR count). The molecule has 3 nitrogen and oxygen atoms in total. The van der Waals surface area contributed by atoms with Crippen LogP contribution in [-0.2, 0) is 0 Å². The topological polar surface area (TPSA) is 59.1 Å². The summed E-state index contributed by atoms with van der Waals surface area (Å²) in [6.45, 7) is 3.71. The van der Waals surface area contributed by atoms with Crippen LogP contribution in [-0.4, -0.2) is 5.84 Å². The second-order valence-electron chi connectivity index (χ2n) is 4.66. The second kappa shape index (κ2) is 5.81. The van der Waals surface area contributed by atoms with Gasteiger partial charge in [0.15, 0.2) is 17.4 Å². The largest absolute Gasteiger partial charge is 0.451 e. The van der Waals surface area contributed by atoms with E-state index in [2.05, 4.69) is 15.9 Å². The molecule has 6 heteroatoms. The molecular weight excluding hydrogens is 342 g/mol. The van der Waals surface area contributed by atoms with Gasteiger partial charge in [-0.25, -0.2) is 8.78 Å². The van der Waals surface area contributed by atoms with Gasteiger partial charge in [0.2, 0.25) is 0 Å². The maximum Gasteiger partial charge on any atom is 0.198 e. The highest BCUT2D eigenvalue weighted by atomic mass is 79.9. The first-order valence-corrected chi connectivity index (χ1v) is 6.87. The molecule has 110 valence electrons. The van der Waals surface area contributed by atoms with Crippen LogP contribution in [0, 0.1) is 30.9 Å². The van der Waals surface area contributed by atoms with Crippen LogP contribution < -0.4 is 10.5 Å². The molecule has 3 N–H and O–H groups in total. The van der Waals surface area contributed by atoms with Gasteiger partial charge in [-0.15, -0.1) is 0 Å². The summed E-state index contributed by atoms with van der Waals surface area (Å²) in [6.07, 6.45) is 0. The average Bonchev–Trinajstić information content (AvgIpc) is 2.39. The van der Waals surface area contributed by atoms with Gasteiger partial charge in [-0.2, -0.15) is 0 Å². The van der Waals surface area contributed by atoms with E-state index < -0.39 is 23.2 Å². The van der Waals surface area contributed by atoms with Crippen molar-refractivity contribution in [2.45, 2.75) is 13.8 Å². The summed E-state index contributed by atoms with van der Waals surface area (Å²) in [7, 11) is 0. The number of hydrogen-bond donors (Lipinski definition) is 2. The standard InChI is InChI=1S/C15H13BrF2N2O/c1-7-3-10(4-8(2)13(7)16)21-14-11(17)5-9(15(19)20)6-12(14)18/h3-6H,1-2H3,(H3,19,20). The smallest absolute Gasteiger partial charge is 0.198 e. The van der Waals surface area contributed by atoms with Crippen molar-refractivity contribution in [1.82, 2.24) is 0 Å². The van der Waals surface area contributed by atoms with Crippen molar-refractivity contribution < 1.29 is 13.5 Å². The van der Waals surface area contributed by atoms with Crippen LogP contribution in [0.3, 0.4) is 0 Å². The quantitative estimate of drug-likeness (QED) is 0.633. The second-order valence-corrected chi connectivity index (χ2v) is 5.45. The highest BCUT2D eigenvalue weighted by Crippen LogP contribution is 2.32. The fraction of sp³-hybridized carbons (Fsp3) is 0.133. The van der Waals surface area contributed by atoms with Crippen LogP contribution in [0.4, 0.5) is 8.78 Å². The molecule has 2 aromatic rings. The summed E-state index contributed by atoms with van der Waals surface area (Å²) in [5.74, 6) is -2.39. The van der Waals surface area contributed by atoms with Crippen molar-refractivity contribution in [3.8, 4) is 11.5 Å². The van der Waals surface area contributed by atoms with E-state index in [0.29, 0.717) is 5.75 Å². The van der Waals surface area contributed by atoms with Crippen LogP contribution in [0.1, 0.15) is 16.7 Å². The molecule has 0 aromatic heterocycles. The fourth-order valence-electron chi connectivity index (χ4n) is 1.90. The summed E-state index contributed by atoms with van der Waals surface area (Å²) < 4.78 is 34.1. The molecule has 0 unspecified atom stereocenters. The van der Waals surface area contributed by atoms with Gasteiger partial charge >= 0.3 is 0 Å². The Morgan fingerprint density at radius 3 is 2.00 bits per heavy atom. The van der Waals surface area contributed by atoms with Crippen molar-refractivity contribution >= 4 is 21.8 Å². The van der Waals surface area contributed by atoms with Crippen LogP contribution >= 0.6 is 15.9 Å². The molecule has 0 saturated carbocycles. The SMILES string of the molecule is Cc1cc(Oc2c(F)cc(C(=N)N)cc2F)cc(C)c1Br. The summed E-state index contributed by atoms with van der Waals surface area (Å²) >= 11 is 3.41. The average molecular weight is 355 g/mol. The van der Waals surface area contributed by atoms with Gasteiger partial charge in [-0.3, -0.25) is 5.41 Å². The summed E-state index contributed by atoms with van der Waals surface area (Å²) in [4.78, 5) is 0. The Bertz CT molecular complexity index is 686. The van der Waals surface area contributed by atoms with E-state index in [1.165, 1.54) is 0 Å². The molecule has 0 aliphatic rings. The molecular formula is C15H13BrF2N2O. The molecule has 0 aliphatic heterocycles.